The van der Waals surface area contributed by atoms with Crippen LogP contribution >= 0.6 is 11.8 Å². The van der Waals surface area contributed by atoms with Crippen LogP contribution in [0.25, 0.3) is 11.5 Å². The van der Waals surface area contributed by atoms with Crippen LogP contribution in [0.3, 0.4) is 0 Å². The Morgan fingerprint density at radius 1 is 1.15 bits per heavy atom. The molecule has 0 bridgehead atoms. The van der Waals surface area contributed by atoms with Crippen molar-refractivity contribution in [2.45, 2.75) is 17.7 Å². The fraction of sp³-hybridized carbons (Fsp3) is 0.190. The average Bonchev–Trinajstić information content (AvgIpc) is 3.54. The van der Waals surface area contributed by atoms with Crippen LogP contribution in [0.15, 0.2) is 58.2 Å². The second kappa shape index (κ2) is 8.13. The largest absolute Gasteiger partial charge is 0.454 e. The Bertz CT molecular complexity index is 1250. The summed E-state index contributed by atoms with van der Waals surface area (Å²) in [5, 5.41) is 11.4. The van der Waals surface area contributed by atoms with E-state index in [9.17, 15) is 14.4 Å². The van der Waals surface area contributed by atoms with Crippen molar-refractivity contribution in [3.63, 3.8) is 0 Å². The zero-order valence-electron chi connectivity index (χ0n) is 17.2. The molecule has 2 aliphatic rings. The smallest absolute Gasteiger partial charge is 0.344 e. The van der Waals surface area contributed by atoms with Gasteiger partial charge in [0.15, 0.2) is 11.5 Å². The lowest BCUT2D eigenvalue weighted by molar-refractivity contribution is -0.138. The summed E-state index contributed by atoms with van der Waals surface area (Å²) >= 11 is 0.974. The first-order valence-corrected chi connectivity index (χ1v) is 10.8. The molecule has 0 unspecified atom stereocenters. The number of carbonyl (C=O) groups excluding carboxylic acids is 3. The van der Waals surface area contributed by atoms with E-state index >= 15 is 0 Å². The number of imide groups is 1. The van der Waals surface area contributed by atoms with Gasteiger partial charge >= 0.3 is 6.03 Å². The minimum Gasteiger partial charge on any atom is -0.454 e. The summed E-state index contributed by atoms with van der Waals surface area (Å²) < 4.78 is 16.2. The lowest BCUT2D eigenvalue weighted by Crippen LogP contribution is -2.48. The Kier molecular flexibility index (Phi) is 5.13. The first-order chi connectivity index (χ1) is 15.9. The van der Waals surface area contributed by atoms with E-state index in [-0.39, 0.29) is 23.7 Å². The first-order valence-electron chi connectivity index (χ1n) is 9.82. The highest BCUT2D eigenvalue weighted by Crippen LogP contribution is 2.36. The van der Waals surface area contributed by atoms with Gasteiger partial charge < -0.3 is 19.2 Å². The van der Waals surface area contributed by atoms with E-state index in [1.165, 1.54) is 0 Å². The number of fused-ring (bicyclic) bond motifs is 1. The van der Waals surface area contributed by atoms with Gasteiger partial charge in [-0.2, -0.15) is 5.01 Å². The SMILES string of the molecule is C[C@@]1(c2ccccc2)NC(=O)N(NC(=O)CSc2nnc(-c3ccc4c(c3)OCO4)o2)C1=O. The summed E-state index contributed by atoms with van der Waals surface area (Å²) in [6, 6.07) is 13.3. The van der Waals surface area contributed by atoms with Gasteiger partial charge in [-0.3, -0.25) is 15.0 Å². The predicted molar refractivity (Wildman–Crippen MR) is 114 cm³/mol. The van der Waals surface area contributed by atoms with Gasteiger partial charge in [0.25, 0.3) is 11.1 Å². The van der Waals surface area contributed by atoms with Crippen LogP contribution in [-0.4, -0.2) is 45.6 Å². The quantitative estimate of drug-likeness (QED) is 0.412. The maximum absolute atomic E-state index is 12.8. The van der Waals surface area contributed by atoms with Crippen LogP contribution < -0.4 is 20.2 Å². The van der Waals surface area contributed by atoms with Crippen LogP contribution in [-0.2, 0) is 15.1 Å². The fourth-order valence-corrected chi connectivity index (χ4v) is 3.96. The van der Waals surface area contributed by atoms with Crippen molar-refractivity contribution in [2.24, 2.45) is 0 Å². The number of aromatic nitrogens is 2. The number of rotatable bonds is 6. The molecule has 2 aromatic carbocycles. The van der Waals surface area contributed by atoms with Gasteiger partial charge in [0.1, 0.15) is 5.54 Å². The van der Waals surface area contributed by atoms with Crippen molar-refractivity contribution >= 4 is 29.6 Å². The maximum atomic E-state index is 12.8. The maximum Gasteiger partial charge on any atom is 0.344 e. The summed E-state index contributed by atoms with van der Waals surface area (Å²) in [7, 11) is 0. The number of hydrazine groups is 1. The van der Waals surface area contributed by atoms with Crippen molar-refractivity contribution in [1.82, 2.24) is 25.9 Å². The molecule has 33 heavy (non-hydrogen) atoms. The molecule has 2 aliphatic heterocycles. The normalized spacial score (nSPS) is 19.0. The van der Waals surface area contributed by atoms with E-state index in [0.29, 0.717) is 27.6 Å². The van der Waals surface area contributed by atoms with Gasteiger partial charge in [0.05, 0.1) is 5.75 Å². The molecule has 11 nitrogen and oxygen atoms in total. The van der Waals surface area contributed by atoms with Crippen molar-refractivity contribution in [1.29, 1.82) is 0 Å². The number of hydrogen-bond acceptors (Lipinski definition) is 9. The lowest BCUT2D eigenvalue weighted by Gasteiger charge is -2.22. The number of benzene rings is 2. The van der Waals surface area contributed by atoms with Crippen molar-refractivity contribution in [2.75, 3.05) is 12.5 Å². The van der Waals surface area contributed by atoms with Crippen LogP contribution in [0.1, 0.15) is 12.5 Å². The molecule has 168 valence electrons. The second-order valence-corrected chi connectivity index (χ2v) is 8.25. The molecule has 3 heterocycles. The Hall–Kier alpha value is -4.06. The number of carbonyl (C=O) groups is 3. The number of ether oxygens (including phenoxy) is 2. The monoisotopic (exact) mass is 467 g/mol. The topological polar surface area (TPSA) is 136 Å². The number of hydrogen-bond donors (Lipinski definition) is 2. The third kappa shape index (κ3) is 3.84. The van der Waals surface area contributed by atoms with Crippen molar-refractivity contribution in [3.8, 4) is 23.0 Å². The van der Waals surface area contributed by atoms with E-state index in [1.54, 1.807) is 55.5 Å². The van der Waals surface area contributed by atoms with E-state index in [1.807, 2.05) is 0 Å². The molecule has 1 fully saturated rings. The summed E-state index contributed by atoms with van der Waals surface area (Å²) in [4.78, 5) is 37.6. The molecule has 1 saturated heterocycles. The van der Waals surface area contributed by atoms with Crippen molar-refractivity contribution < 1.29 is 28.3 Å². The highest BCUT2D eigenvalue weighted by Gasteiger charge is 2.49. The number of amides is 4. The number of nitrogens with one attached hydrogen (secondary N) is 2. The van der Waals surface area contributed by atoms with Crippen LogP contribution in [0.5, 0.6) is 11.5 Å². The highest BCUT2D eigenvalue weighted by molar-refractivity contribution is 7.99. The Balaban J connectivity index is 1.20. The summed E-state index contributed by atoms with van der Waals surface area (Å²) in [5.74, 6) is 0.151. The van der Waals surface area contributed by atoms with E-state index in [4.69, 9.17) is 13.9 Å². The number of urea groups is 1. The molecular formula is C21H17N5O6S. The molecule has 1 atom stereocenters. The molecule has 1 aromatic heterocycles. The van der Waals surface area contributed by atoms with Gasteiger partial charge in [-0.15, -0.1) is 10.2 Å². The zero-order chi connectivity index (χ0) is 23.0. The first kappa shape index (κ1) is 20.8. The van der Waals surface area contributed by atoms with Crippen LogP contribution in [0.2, 0.25) is 0 Å². The predicted octanol–water partition coefficient (Wildman–Crippen LogP) is 2.06. The molecule has 2 N–H and O–H groups in total. The zero-order valence-corrected chi connectivity index (χ0v) is 18.0. The lowest BCUT2D eigenvalue weighted by atomic mass is 9.92. The van der Waals surface area contributed by atoms with Gasteiger partial charge in [-0.25, -0.2) is 4.79 Å². The van der Waals surface area contributed by atoms with E-state index in [2.05, 4.69) is 20.9 Å². The number of thioether (sulfide) groups is 1. The summed E-state index contributed by atoms with van der Waals surface area (Å²) in [6.07, 6.45) is 0. The third-order valence-corrected chi connectivity index (χ3v) is 5.95. The minimum atomic E-state index is -1.27. The molecule has 0 saturated carbocycles. The number of nitrogens with zero attached hydrogens (tertiary/aromatic N) is 3. The van der Waals surface area contributed by atoms with E-state index < -0.39 is 23.4 Å². The molecule has 4 amide bonds. The Morgan fingerprint density at radius 2 is 1.94 bits per heavy atom. The van der Waals surface area contributed by atoms with Crippen LogP contribution in [0, 0.1) is 0 Å². The molecule has 3 aromatic rings. The highest BCUT2D eigenvalue weighted by atomic mass is 32.2. The molecule has 0 aliphatic carbocycles. The third-order valence-electron chi connectivity index (χ3n) is 5.13. The molecular weight excluding hydrogens is 450 g/mol. The van der Waals surface area contributed by atoms with Crippen LogP contribution in [0.4, 0.5) is 4.79 Å². The summed E-state index contributed by atoms with van der Waals surface area (Å²) in [6.45, 7) is 1.74. The second-order valence-electron chi connectivity index (χ2n) is 7.33. The van der Waals surface area contributed by atoms with E-state index in [0.717, 1.165) is 11.8 Å². The van der Waals surface area contributed by atoms with Gasteiger partial charge in [-0.05, 0) is 30.7 Å². The molecule has 0 spiro atoms. The minimum absolute atomic E-state index is 0.151. The molecule has 5 rings (SSSR count). The molecule has 0 radical (unpaired) electrons. The van der Waals surface area contributed by atoms with Gasteiger partial charge in [0, 0.05) is 5.56 Å². The molecule has 12 heteroatoms. The van der Waals surface area contributed by atoms with Gasteiger partial charge in [0.2, 0.25) is 18.6 Å². The van der Waals surface area contributed by atoms with Crippen molar-refractivity contribution in [3.05, 3.63) is 54.1 Å². The fourth-order valence-electron chi connectivity index (χ4n) is 3.41. The standard InChI is InChI=1S/C21H17N5O6S/c1-21(13-5-3-2-4-6-13)18(28)26(19(29)22-21)25-16(27)10-33-20-24-23-17(32-20)12-7-8-14-15(9-12)31-11-30-14/h2-9H,10-11H2,1H3,(H,22,29)(H,25,27)/t21-/m0/s1. The average molecular weight is 467 g/mol. The summed E-state index contributed by atoms with van der Waals surface area (Å²) in [5.41, 5.74) is 2.31. The Labute approximate surface area is 191 Å². The van der Waals surface area contributed by atoms with Gasteiger partial charge in [-0.1, -0.05) is 42.1 Å². The Morgan fingerprint density at radius 3 is 2.76 bits per heavy atom.